The van der Waals surface area contributed by atoms with Crippen LogP contribution in [0, 0.1) is 0 Å². The maximum Gasteiger partial charge on any atom is 0.225 e. The van der Waals surface area contributed by atoms with Crippen molar-refractivity contribution >= 4 is 23.8 Å². The van der Waals surface area contributed by atoms with Gasteiger partial charge in [0.15, 0.2) is 0 Å². The summed E-state index contributed by atoms with van der Waals surface area (Å²) in [5.74, 6) is 2.62. The van der Waals surface area contributed by atoms with E-state index in [2.05, 4.69) is 29.9 Å². The SMILES string of the molecule is Nc1nc(N)nc(CCOc2ccccc2-c2ccccc2OCCc2nc(N)nc(N)n2)n1. The molecule has 0 atom stereocenters. The van der Waals surface area contributed by atoms with Crippen LogP contribution in [0.3, 0.4) is 0 Å². The van der Waals surface area contributed by atoms with Crippen LogP contribution in [0.4, 0.5) is 23.8 Å². The lowest BCUT2D eigenvalue weighted by molar-refractivity contribution is 0.315. The van der Waals surface area contributed by atoms with Crippen LogP contribution in [0.15, 0.2) is 48.5 Å². The first-order valence-corrected chi connectivity index (χ1v) is 10.4. The Bertz CT molecular complexity index is 1140. The first kappa shape index (κ1) is 22.5. The highest BCUT2D eigenvalue weighted by Crippen LogP contribution is 2.36. The maximum atomic E-state index is 6.04. The Morgan fingerprint density at radius 1 is 0.500 bits per heavy atom. The molecule has 4 aromatic rings. The van der Waals surface area contributed by atoms with Gasteiger partial charge in [0.2, 0.25) is 23.8 Å². The Balaban J connectivity index is 1.46. The minimum Gasteiger partial charge on any atom is -0.492 e. The number of rotatable bonds is 9. The van der Waals surface area contributed by atoms with E-state index in [0.717, 1.165) is 11.1 Å². The minimum atomic E-state index is 0.0801. The van der Waals surface area contributed by atoms with E-state index in [0.29, 0.717) is 49.2 Å². The summed E-state index contributed by atoms with van der Waals surface area (Å²) in [6.45, 7) is 0.649. The zero-order valence-corrected chi connectivity index (χ0v) is 18.3. The van der Waals surface area contributed by atoms with Crippen molar-refractivity contribution < 1.29 is 9.47 Å². The fourth-order valence-electron chi connectivity index (χ4n) is 3.27. The Kier molecular flexibility index (Phi) is 6.77. The van der Waals surface area contributed by atoms with E-state index in [-0.39, 0.29) is 23.8 Å². The van der Waals surface area contributed by atoms with E-state index in [1.807, 2.05) is 48.5 Å². The van der Waals surface area contributed by atoms with Gasteiger partial charge in [0, 0.05) is 24.0 Å². The van der Waals surface area contributed by atoms with Crippen LogP contribution in [0.1, 0.15) is 11.6 Å². The maximum absolute atomic E-state index is 6.04. The lowest BCUT2D eigenvalue weighted by Gasteiger charge is -2.15. The molecule has 2 aromatic carbocycles. The fourth-order valence-corrected chi connectivity index (χ4v) is 3.27. The summed E-state index contributed by atoms with van der Waals surface area (Å²) in [5, 5.41) is 0. The number of nitrogens with two attached hydrogens (primary N) is 4. The predicted octanol–water partition coefficient (Wildman–Crippen LogP) is 1.30. The molecule has 0 unspecified atom stereocenters. The van der Waals surface area contributed by atoms with Crippen LogP contribution in [-0.4, -0.2) is 43.1 Å². The number of anilines is 4. The summed E-state index contributed by atoms with van der Waals surface area (Å²) in [7, 11) is 0. The first-order chi connectivity index (χ1) is 16.5. The molecule has 0 amide bonds. The van der Waals surface area contributed by atoms with Gasteiger partial charge >= 0.3 is 0 Å². The van der Waals surface area contributed by atoms with Gasteiger partial charge < -0.3 is 32.4 Å². The van der Waals surface area contributed by atoms with Gasteiger partial charge in [-0.2, -0.15) is 29.9 Å². The van der Waals surface area contributed by atoms with Crippen molar-refractivity contribution in [1.82, 2.24) is 29.9 Å². The predicted molar refractivity (Wildman–Crippen MR) is 128 cm³/mol. The molecular weight excluding hydrogens is 436 g/mol. The zero-order chi connectivity index (χ0) is 23.9. The van der Waals surface area contributed by atoms with Gasteiger partial charge in [-0.3, -0.25) is 0 Å². The molecule has 0 aliphatic rings. The van der Waals surface area contributed by atoms with E-state index < -0.39 is 0 Å². The third kappa shape index (κ3) is 5.73. The van der Waals surface area contributed by atoms with Crippen molar-refractivity contribution in [3.05, 3.63) is 60.2 Å². The largest absolute Gasteiger partial charge is 0.492 e. The molecule has 0 aliphatic heterocycles. The second kappa shape index (κ2) is 10.3. The summed E-state index contributed by atoms with van der Waals surface area (Å²) < 4.78 is 12.1. The summed E-state index contributed by atoms with van der Waals surface area (Å²) in [6.07, 6.45) is 0.836. The van der Waals surface area contributed by atoms with Crippen LogP contribution in [0.2, 0.25) is 0 Å². The van der Waals surface area contributed by atoms with E-state index >= 15 is 0 Å². The molecule has 0 saturated heterocycles. The number of nitrogen functional groups attached to an aromatic ring is 4. The number of para-hydroxylation sites is 2. The van der Waals surface area contributed by atoms with Gasteiger partial charge in [0.1, 0.15) is 23.1 Å². The molecule has 4 rings (SSSR count). The monoisotopic (exact) mass is 460 g/mol. The molecule has 34 heavy (non-hydrogen) atoms. The van der Waals surface area contributed by atoms with E-state index in [1.165, 1.54) is 0 Å². The molecule has 0 fully saturated rings. The van der Waals surface area contributed by atoms with Gasteiger partial charge in [-0.05, 0) is 12.1 Å². The number of ether oxygens (including phenoxy) is 2. The summed E-state index contributed by atoms with van der Waals surface area (Å²) in [6, 6.07) is 15.4. The van der Waals surface area contributed by atoms with Crippen molar-refractivity contribution in [3.8, 4) is 22.6 Å². The molecule has 12 nitrogen and oxygen atoms in total. The molecular formula is C22H24N10O2. The first-order valence-electron chi connectivity index (χ1n) is 10.4. The lowest BCUT2D eigenvalue weighted by Crippen LogP contribution is -2.11. The van der Waals surface area contributed by atoms with Gasteiger partial charge in [0.05, 0.1) is 13.2 Å². The van der Waals surface area contributed by atoms with Crippen molar-refractivity contribution in [3.63, 3.8) is 0 Å². The van der Waals surface area contributed by atoms with Crippen LogP contribution < -0.4 is 32.4 Å². The van der Waals surface area contributed by atoms with Crippen LogP contribution in [0.25, 0.3) is 11.1 Å². The van der Waals surface area contributed by atoms with E-state index in [1.54, 1.807) is 0 Å². The molecule has 0 radical (unpaired) electrons. The Morgan fingerprint density at radius 2 is 0.853 bits per heavy atom. The summed E-state index contributed by atoms with van der Waals surface area (Å²) in [5.41, 5.74) is 24.3. The normalized spacial score (nSPS) is 10.7. The molecule has 0 saturated carbocycles. The van der Waals surface area contributed by atoms with Crippen LogP contribution in [-0.2, 0) is 12.8 Å². The van der Waals surface area contributed by atoms with Gasteiger partial charge in [-0.15, -0.1) is 0 Å². The molecule has 0 bridgehead atoms. The third-order valence-corrected chi connectivity index (χ3v) is 4.66. The molecule has 0 spiro atoms. The Morgan fingerprint density at radius 3 is 1.24 bits per heavy atom. The minimum absolute atomic E-state index is 0.0801. The second-order valence-electron chi connectivity index (χ2n) is 7.13. The number of hydrogen-bond acceptors (Lipinski definition) is 12. The molecule has 8 N–H and O–H groups in total. The third-order valence-electron chi connectivity index (χ3n) is 4.66. The van der Waals surface area contributed by atoms with E-state index in [4.69, 9.17) is 32.4 Å². The van der Waals surface area contributed by atoms with E-state index in [9.17, 15) is 0 Å². The van der Waals surface area contributed by atoms with Crippen molar-refractivity contribution in [2.45, 2.75) is 12.8 Å². The summed E-state index contributed by atoms with van der Waals surface area (Å²) >= 11 is 0. The smallest absolute Gasteiger partial charge is 0.225 e. The van der Waals surface area contributed by atoms with Crippen molar-refractivity contribution in [2.75, 3.05) is 36.1 Å². The average molecular weight is 461 g/mol. The van der Waals surface area contributed by atoms with Crippen LogP contribution >= 0.6 is 0 Å². The number of aromatic nitrogens is 6. The Labute approximate surface area is 195 Å². The lowest BCUT2D eigenvalue weighted by atomic mass is 10.0. The van der Waals surface area contributed by atoms with Gasteiger partial charge in [-0.25, -0.2) is 0 Å². The molecule has 2 heterocycles. The van der Waals surface area contributed by atoms with Crippen LogP contribution in [0.5, 0.6) is 11.5 Å². The molecule has 12 heteroatoms. The van der Waals surface area contributed by atoms with Gasteiger partial charge in [-0.1, -0.05) is 36.4 Å². The highest BCUT2D eigenvalue weighted by molar-refractivity contribution is 5.75. The summed E-state index contributed by atoms with van der Waals surface area (Å²) in [4.78, 5) is 23.8. The van der Waals surface area contributed by atoms with Crippen molar-refractivity contribution in [2.24, 2.45) is 0 Å². The van der Waals surface area contributed by atoms with Gasteiger partial charge in [0.25, 0.3) is 0 Å². The highest BCUT2D eigenvalue weighted by Gasteiger charge is 2.12. The molecule has 174 valence electrons. The quantitative estimate of drug-likeness (QED) is 0.279. The Hall–Kier alpha value is -4.74. The number of hydrogen-bond donors (Lipinski definition) is 4. The number of nitrogens with zero attached hydrogens (tertiary/aromatic N) is 6. The van der Waals surface area contributed by atoms with Crippen molar-refractivity contribution in [1.29, 1.82) is 0 Å². The average Bonchev–Trinajstić information content (AvgIpc) is 2.79. The second-order valence-corrected chi connectivity index (χ2v) is 7.13. The number of benzene rings is 2. The molecule has 0 aliphatic carbocycles. The molecule has 2 aromatic heterocycles. The standard InChI is InChI=1S/C22H24N10O2/c23-19-27-17(28-20(24)31-19)9-11-33-15-7-3-1-5-13(15)14-6-2-4-8-16(14)34-12-10-18-29-21(25)32-22(26)30-18/h1-8H,9-12H2,(H4,23,24,27,28,31)(H4,25,26,29,30,32). The fraction of sp³-hybridized carbons (Fsp3) is 0.182. The topological polar surface area (TPSA) is 200 Å². The highest BCUT2D eigenvalue weighted by atomic mass is 16.5. The zero-order valence-electron chi connectivity index (χ0n) is 18.3.